The molecule has 186 valence electrons. The Morgan fingerprint density at radius 2 is 1.89 bits per heavy atom. The van der Waals surface area contributed by atoms with Gasteiger partial charge in [0, 0.05) is 18.0 Å². The standard InChI is InChI=1S/C23H21F5N4O2S/c24-16-5-4-13(6-14(16)7-19(33)34)10-35-21-29-8-17-20(30-21)18(9-32(17)15-2-1-3-15)31-11-22(25,26)23(27,28)12-31/h4-6,8-9,15H,1-3,7,10-12H2,(H,33,34). The van der Waals surface area contributed by atoms with Crippen LogP contribution in [-0.2, 0) is 17.0 Å². The highest BCUT2D eigenvalue weighted by atomic mass is 32.2. The van der Waals surface area contributed by atoms with E-state index in [1.54, 1.807) is 12.4 Å². The summed E-state index contributed by atoms with van der Waals surface area (Å²) in [7, 11) is 0. The predicted molar refractivity (Wildman–Crippen MR) is 120 cm³/mol. The average Bonchev–Trinajstić information content (AvgIpc) is 3.20. The fourth-order valence-electron chi connectivity index (χ4n) is 4.37. The molecule has 6 nitrogen and oxygen atoms in total. The third-order valence-corrected chi connectivity index (χ3v) is 7.40. The lowest BCUT2D eigenvalue weighted by Gasteiger charge is -2.27. The van der Waals surface area contributed by atoms with E-state index in [2.05, 4.69) is 9.97 Å². The molecule has 1 aliphatic carbocycles. The molecule has 0 amide bonds. The van der Waals surface area contributed by atoms with Crippen LogP contribution in [0.3, 0.4) is 0 Å². The number of aliphatic carboxylic acids is 1. The second-order valence-electron chi connectivity index (χ2n) is 8.94. The molecule has 0 spiro atoms. The Labute approximate surface area is 201 Å². The summed E-state index contributed by atoms with van der Waals surface area (Å²) in [4.78, 5) is 20.8. The number of benzene rings is 1. The van der Waals surface area contributed by atoms with Crippen molar-refractivity contribution < 1.29 is 31.9 Å². The molecule has 0 unspecified atom stereocenters. The van der Waals surface area contributed by atoms with Gasteiger partial charge in [-0.25, -0.2) is 14.4 Å². The number of carboxylic acids is 1. The van der Waals surface area contributed by atoms with Crippen molar-refractivity contribution in [3.05, 3.63) is 47.5 Å². The summed E-state index contributed by atoms with van der Waals surface area (Å²) in [5.41, 5.74) is 1.86. The maximum Gasteiger partial charge on any atom is 0.329 e. The van der Waals surface area contributed by atoms with Crippen molar-refractivity contribution in [2.24, 2.45) is 0 Å². The van der Waals surface area contributed by atoms with Crippen molar-refractivity contribution in [3.8, 4) is 0 Å². The van der Waals surface area contributed by atoms with Gasteiger partial charge in [-0.1, -0.05) is 23.9 Å². The summed E-state index contributed by atoms with van der Waals surface area (Å²) in [6.07, 6.45) is 5.56. The van der Waals surface area contributed by atoms with E-state index in [1.165, 1.54) is 30.0 Å². The van der Waals surface area contributed by atoms with Gasteiger partial charge in [-0.15, -0.1) is 0 Å². The maximum atomic E-state index is 13.9. The van der Waals surface area contributed by atoms with Crippen LogP contribution in [0.5, 0.6) is 0 Å². The Kier molecular flexibility index (Phi) is 5.89. The summed E-state index contributed by atoms with van der Waals surface area (Å²) in [6.45, 7) is -2.20. The Morgan fingerprint density at radius 1 is 1.17 bits per heavy atom. The molecule has 2 aliphatic rings. The van der Waals surface area contributed by atoms with E-state index in [0.29, 0.717) is 27.5 Å². The van der Waals surface area contributed by atoms with Gasteiger partial charge in [0.2, 0.25) is 0 Å². The summed E-state index contributed by atoms with van der Waals surface area (Å²) in [5, 5.41) is 9.24. The molecule has 0 atom stereocenters. The van der Waals surface area contributed by atoms with Crippen LogP contribution < -0.4 is 4.90 Å². The zero-order valence-electron chi connectivity index (χ0n) is 18.4. The monoisotopic (exact) mass is 512 g/mol. The number of thioether (sulfide) groups is 1. The summed E-state index contributed by atoms with van der Waals surface area (Å²) in [5.74, 6) is -9.74. The Morgan fingerprint density at radius 3 is 2.51 bits per heavy atom. The van der Waals surface area contributed by atoms with E-state index in [9.17, 15) is 26.7 Å². The first kappa shape index (κ1) is 23.8. The van der Waals surface area contributed by atoms with Crippen molar-refractivity contribution in [1.29, 1.82) is 0 Å². The number of carbonyl (C=O) groups is 1. The highest BCUT2D eigenvalue weighted by molar-refractivity contribution is 7.98. The third kappa shape index (κ3) is 4.43. The van der Waals surface area contributed by atoms with E-state index in [4.69, 9.17) is 5.11 Å². The molecule has 1 aliphatic heterocycles. The lowest BCUT2D eigenvalue weighted by molar-refractivity contribution is -0.172. The molecule has 12 heteroatoms. The molecule has 0 bridgehead atoms. The van der Waals surface area contributed by atoms with Crippen LogP contribution in [0.25, 0.3) is 11.0 Å². The van der Waals surface area contributed by atoms with E-state index in [0.717, 1.165) is 24.2 Å². The van der Waals surface area contributed by atoms with Gasteiger partial charge < -0.3 is 14.6 Å². The molecular weight excluding hydrogens is 491 g/mol. The maximum absolute atomic E-state index is 13.9. The van der Waals surface area contributed by atoms with Crippen LogP contribution in [-0.4, -0.2) is 50.5 Å². The summed E-state index contributed by atoms with van der Waals surface area (Å²) < 4.78 is 71.5. The first-order valence-electron chi connectivity index (χ1n) is 11.0. The molecule has 1 aromatic carbocycles. The Hall–Kier alpha value is -2.89. The van der Waals surface area contributed by atoms with Crippen LogP contribution in [0.1, 0.15) is 36.4 Å². The summed E-state index contributed by atoms with van der Waals surface area (Å²) in [6, 6.07) is 4.33. The molecule has 1 saturated carbocycles. The number of fused-ring (bicyclic) bond motifs is 1. The number of aromatic nitrogens is 3. The minimum absolute atomic E-state index is 0.0581. The second kappa shape index (κ2) is 8.65. The topological polar surface area (TPSA) is 71.2 Å². The fraction of sp³-hybridized carbons (Fsp3) is 0.435. The van der Waals surface area contributed by atoms with Crippen LogP contribution >= 0.6 is 11.8 Å². The predicted octanol–water partition coefficient (Wildman–Crippen LogP) is 5.31. The van der Waals surface area contributed by atoms with Gasteiger partial charge in [-0.05, 0) is 36.5 Å². The first-order valence-corrected chi connectivity index (χ1v) is 12.0. The molecule has 3 heterocycles. The highest BCUT2D eigenvalue weighted by Crippen LogP contribution is 2.45. The minimum atomic E-state index is -4.14. The lowest BCUT2D eigenvalue weighted by Crippen LogP contribution is -2.38. The van der Waals surface area contributed by atoms with E-state index in [-0.39, 0.29) is 17.3 Å². The lowest BCUT2D eigenvalue weighted by atomic mass is 9.93. The third-order valence-electron chi connectivity index (χ3n) is 6.47. The average molecular weight is 513 g/mol. The molecule has 5 rings (SSSR count). The van der Waals surface area contributed by atoms with Gasteiger partial charge in [0.1, 0.15) is 11.3 Å². The number of halogens is 5. The van der Waals surface area contributed by atoms with Crippen LogP contribution in [0.15, 0.2) is 35.7 Å². The molecule has 1 N–H and O–H groups in total. The van der Waals surface area contributed by atoms with Crippen LogP contribution in [0.2, 0.25) is 0 Å². The number of hydrogen-bond donors (Lipinski definition) is 1. The second-order valence-corrected chi connectivity index (χ2v) is 9.89. The largest absolute Gasteiger partial charge is 0.481 e. The Balaban J connectivity index is 1.44. The van der Waals surface area contributed by atoms with Gasteiger partial charge in [-0.3, -0.25) is 4.79 Å². The quantitative estimate of drug-likeness (QED) is 0.263. The number of anilines is 1. The molecule has 0 radical (unpaired) electrons. The highest BCUT2D eigenvalue weighted by Gasteiger charge is 2.63. The molecule has 2 aromatic heterocycles. The van der Waals surface area contributed by atoms with Crippen molar-refractivity contribution in [1.82, 2.24) is 14.5 Å². The van der Waals surface area contributed by atoms with Crippen LogP contribution in [0, 0.1) is 5.82 Å². The molecule has 35 heavy (non-hydrogen) atoms. The van der Waals surface area contributed by atoms with Gasteiger partial charge in [0.25, 0.3) is 0 Å². The van der Waals surface area contributed by atoms with Gasteiger partial charge in [-0.2, -0.15) is 17.6 Å². The number of rotatable bonds is 7. The van der Waals surface area contributed by atoms with Crippen molar-refractivity contribution >= 4 is 34.5 Å². The number of hydrogen-bond acceptors (Lipinski definition) is 5. The number of alkyl halides is 4. The molecule has 2 fully saturated rings. The van der Waals surface area contributed by atoms with E-state index >= 15 is 0 Å². The van der Waals surface area contributed by atoms with Crippen LogP contribution in [0.4, 0.5) is 27.6 Å². The number of carboxylic acid groups (broad SMARTS) is 1. The fourth-order valence-corrected chi connectivity index (χ4v) is 5.13. The normalized spacial score (nSPS) is 19.3. The SMILES string of the molecule is O=C(O)Cc1cc(CSc2ncc3c(n2)c(N2CC(F)(F)C(F)(F)C2)cn3C2CCC2)ccc1F. The van der Waals surface area contributed by atoms with Crippen molar-refractivity contribution in [3.63, 3.8) is 0 Å². The van der Waals surface area contributed by atoms with Gasteiger partial charge >= 0.3 is 17.8 Å². The Bertz CT molecular complexity index is 1280. The summed E-state index contributed by atoms with van der Waals surface area (Å²) >= 11 is 1.19. The zero-order valence-corrected chi connectivity index (χ0v) is 19.2. The van der Waals surface area contributed by atoms with Crippen molar-refractivity contribution in [2.75, 3.05) is 18.0 Å². The minimum Gasteiger partial charge on any atom is -0.481 e. The van der Waals surface area contributed by atoms with Gasteiger partial charge in [0.15, 0.2) is 5.16 Å². The zero-order chi connectivity index (χ0) is 25.0. The smallest absolute Gasteiger partial charge is 0.329 e. The molecule has 3 aromatic rings. The van der Waals surface area contributed by atoms with Crippen molar-refractivity contribution in [2.45, 2.75) is 54.5 Å². The molecular formula is C23H21F5N4O2S. The van der Waals surface area contributed by atoms with Gasteiger partial charge in [0.05, 0.1) is 36.9 Å². The molecule has 1 saturated heterocycles. The first-order chi connectivity index (χ1) is 16.5. The van der Waals surface area contributed by atoms with E-state index < -0.39 is 43.1 Å². The number of nitrogens with zero attached hydrogens (tertiary/aromatic N) is 4. The van der Waals surface area contributed by atoms with E-state index in [1.807, 2.05) is 4.57 Å².